The van der Waals surface area contributed by atoms with Crippen LogP contribution in [0.15, 0.2) is 179 Å². The van der Waals surface area contributed by atoms with E-state index in [1.807, 2.05) is 0 Å². The van der Waals surface area contributed by atoms with Crippen molar-refractivity contribution in [2.75, 3.05) is 0 Å². The van der Waals surface area contributed by atoms with Crippen LogP contribution in [0.25, 0.3) is 88.4 Å². The van der Waals surface area contributed by atoms with Crippen LogP contribution in [0.5, 0.6) is 0 Å². The predicted octanol–water partition coefficient (Wildman–Crippen LogP) is 18.9. The molecule has 1 atom stereocenters. The van der Waals surface area contributed by atoms with E-state index in [4.69, 9.17) is 8.83 Å². The highest BCUT2D eigenvalue weighted by molar-refractivity contribution is 6.19. The first kappa shape index (κ1) is 43.4. The summed E-state index contributed by atoms with van der Waals surface area (Å²) in [4.78, 5) is 0. The first-order chi connectivity index (χ1) is 34.6. The van der Waals surface area contributed by atoms with Crippen molar-refractivity contribution in [2.24, 2.45) is 0 Å². The van der Waals surface area contributed by atoms with Gasteiger partial charge in [-0.05, 0) is 155 Å². The van der Waals surface area contributed by atoms with Crippen molar-refractivity contribution in [1.82, 2.24) is 0 Å². The molecule has 1 unspecified atom stereocenters. The summed E-state index contributed by atoms with van der Waals surface area (Å²) in [5.41, 5.74) is 27.7. The zero-order valence-electron chi connectivity index (χ0n) is 43.0. The molecule has 0 aliphatic heterocycles. The van der Waals surface area contributed by atoms with E-state index in [9.17, 15) is 0 Å². The Hall–Kier alpha value is -7.42. The van der Waals surface area contributed by atoms with Crippen LogP contribution in [0.3, 0.4) is 0 Å². The van der Waals surface area contributed by atoms with Gasteiger partial charge in [-0.15, -0.1) is 0 Å². The Morgan fingerprint density at radius 1 is 0.403 bits per heavy atom. The third kappa shape index (κ3) is 6.08. The minimum Gasteiger partial charge on any atom is -0.456 e. The SMILES string of the molecule is CC(C)(C)c1ccc(C(Cc2ccc3c(c2)C(C)(C)c2cc4c(cc2-3)C(C)(C)c2ccc3oc5ccccc5c3c2-4)Cc2ccc3c(c2)C(C)(C)c2cc(-c4ccccc4)c4oc5ccccc5c4c2-3)cc1. The van der Waals surface area contributed by atoms with Gasteiger partial charge in [0.25, 0.3) is 0 Å². The number of fused-ring (bicyclic) bond motifs is 17. The fourth-order valence-electron chi connectivity index (χ4n) is 13.7. The van der Waals surface area contributed by atoms with E-state index < -0.39 is 0 Å². The molecule has 14 rings (SSSR count). The third-order valence-corrected chi connectivity index (χ3v) is 17.7. The maximum atomic E-state index is 6.78. The smallest absolute Gasteiger partial charge is 0.143 e. The van der Waals surface area contributed by atoms with E-state index in [1.165, 1.54) is 116 Å². The average Bonchev–Trinajstić information content (AvgIpc) is 4.12. The molecule has 0 saturated heterocycles. The summed E-state index contributed by atoms with van der Waals surface area (Å²) < 4.78 is 13.2. The molecule has 0 saturated carbocycles. The normalized spacial score (nSPS) is 16.0. The molecule has 352 valence electrons. The van der Waals surface area contributed by atoms with E-state index in [1.54, 1.807) is 0 Å². The maximum absolute atomic E-state index is 6.78. The third-order valence-electron chi connectivity index (χ3n) is 17.7. The highest BCUT2D eigenvalue weighted by atomic mass is 16.3. The van der Waals surface area contributed by atoms with Gasteiger partial charge >= 0.3 is 0 Å². The number of rotatable bonds is 6. The largest absolute Gasteiger partial charge is 0.456 e. The summed E-state index contributed by atoms with van der Waals surface area (Å²) in [5, 5.41) is 4.84. The first-order valence-electron chi connectivity index (χ1n) is 26.1. The van der Waals surface area contributed by atoms with Gasteiger partial charge in [0.2, 0.25) is 0 Å². The van der Waals surface area contributed by atoms with Crippen molar-refractivity contribution >= 4 is 43.9 Å². The van der Waals surface area contributed by atoms with Gasteiger partial charge in [-0.3, -0.25) is 0 Å². The van der Waals surface area contributed by atoms with Crippen molar-refractivity contribution in [3.63, 3.8) is 0 Å². The Labute approximate surface area is 423 Å². The number of para-hydroxylation sites is 2. The molecule has 0 bridgehead atoms. The summed E-state index contributed by atoms with van der Waals surface area (Å²) in [6.45, 7) is 21.5. The Kier molecular flexibility index (Phi) is 8.93. The van der Waals surface area contributed by atoms with Crippen LogP contribution < -0.4 is 0 Å². The van der Waals surface area contributed by atoms with Gasteiger partial charge in [0.1, 0.15) is 22.3 Å². The maximum Gasteiger partial charge on any atom is 0.143 e. The highest BCUT2D eigenvalue weighted by Gasteiger charge is 2.43. The second-order valence-electron chi connectivity index (χ2n) is 24.0. The summed E-state index contributed by atoms with van der Waals surface area (Å²) >= 11 is 0. The predicted molar refractivity (Wildman–Crippen MR) is 301 cm³/mol. The van der Waals surface area contributed by atoms with Gasteiger partial charge in [-0.1, -0.05) is 196 Å². The van der Waals surface area contributed by atoms with Crippen LogP contribution in [0.4, 0.5) is 0 Å². The lowest BCUT2D eigenvalue weighted by Gasteiger charge is -2.25. The van der Waals surface area contributed by atoms with E-state index >= 15 is 0 Å². The monoisotopic (exact) mass is 932 g/mol. The van der Waals surface area contributed by atoms with Crippen molar-refractivity contribution in [3.05, 3.63) is 225 Å². The number of furan rings is 2. The topological polar surface area (TPSA) is 26.3 Å². The van der Waals surface area contributed by atoms with Crippen LogP contribution in [0.2, 0.25) is 0 Å². The fourth-order valence-corrected chi connectivity index (χ4v) is 13.7. The standard InChI is InChI=1S/C70H60O2/c1-67(2,3)45-27-25-42(26-28-45)44(34-41-24-30-47-55(36-41)70(8,9)58-37-50(43-17-11-10-12-18-43)66-65(62(47)58)49-20-14-16-22-60(49)72-66)33-40-23-29-46-51-38-57-52(39-56(51)69(6,7)54(46)35-40)63-53(68(57,4)5)31-32-61-64(63)48-19-13-15-21-59(48)71-61/h10-32,35-39,44H,33-34H2,1-9H3. The lowest BCUT2D eigenvalue weighted by Crippen LogP contribution is -2.17. The van der Waals surface area contributed by atoms with Gasteiger partial charge in [-0.25, -0.2) is 0 Å². The van der Waals surface area contributed by atoms with Crippen LogP contribution >= 0.6 is 0 Å². The molecule has 3 aliphatic rings. The first-order valence-corrected chi connectivity index (χ1v) is 26.1. The van der Waals surface area contributed by atoms with E-state index in [2.05, 4.69) is 232 Å². The van der Waals surface area contributed by atoms with Gasteiger partial charge in [0.15, 0.2) is 0 Å². The van der Waals surface area contributed by atoms with Crippen molar-refractivity contribution in [1.29, 1.82) is 0 Å². The second kappa shape index (κ2) is 14.8. The lowest BCUT2D eigenvalue weighted by molar-refractivity contribution is 0.588. The van der Waals surface area contributed by atoms with Gasteiger partial charge in [0.05, 0.1) is 0 Å². The zero-order valence-corrected chi connectivity index (χ0v) is 43.0. The molecular formula is C70H60O2. The second-order valence-corrected chi connectivity index (χ2v) is 24.0. The molecule has 72 heavy (non-hydrogen) atoms. The van der Waals surface area contributed by atoms with Crippen molar-refractivity contribution < 1.29 is 8.83 Å². The Morgan fingerprint density at radius 2 is 0.931 bits per heavy atom. The summed E-state index contributed by atoms with van der Waals surface area (Å²) in [6.07, 6.45) is 1.88. The minimum absolute atomic E-state index is 0.0804. The summed E-state index contributed by atoms with van der Waals surface area (Å²) in [5.74, 6) is 0.274. The number of benzene rings is 9. The zero-order chi connectivity index (χ0) is 49.2. The van der Waals surface area contributed by atoms with Gasteiger partial charge in [-0.2, -0.15) is 0 Å². The number of hydrogen-bond acceptors (Lipinski definition) is 2. The summed E-state index contributed by atoms with van der Waals surface area (Å²) in [7, 11) is 0. The van der Waals surface area contributed by atoms with Crippen molar-refractivity contribution in [3.8, 4) is 44.5 Å². The molecule has 11 aromatic rings. The number of hydrogen-bond donors (Lipinski definition) is 0. The molecule has 0 radical (unpaired) electrons. The molecule has 0 fully saturated rings. The highest BCUT2D eigenvalue weighted by Crippen LogP contribution is 2.59. The van der Waals surface area contributed by atoms with E-state index in [0.717, 1.165) is 40.7 Å². The van der Waals surface area contributed by atoms with Crippen LogP contribution in [-0.4, -0.2) is 0 Å². The quantitative estimate of drug-likeness (QED) is 0.166. The molecular weight excluding hydrogens is 873 g/mol. The van der Waals surface area contributed by atoms with E-state index in [0.29, 0.717) is 0 Å². The molecule has 2 heterocycles. The van der Waals surface area contributed by atoms with Crippen LogP contribution in [0, 0.1) is 0 Å². The van der Waals surface area contributed by atoms with E-state index in [-0.39, 0.29) is 27.6 Å². The van der Waals surface area contributed by atoms with Crippen LogP contribution in [-0.2, 0) is 34.5 Å². The van der Waals surface area contributed by atoms with Gasteiger partial charge < -0.3 is 8.83 Å². The molecule has 0 N–H and O–H groups in total. The molecule has 0 spiro atoms. The molecule has 2 nitrogen and oxygen atoms in total. The molecule has 3 aliphatic carbocycles. The minimum atomic E-state index is -0.211. The molecule has 9 aromatic carbocycles. The molecule has 0 amide bonds. The molecule has 2 aromatic heterocycles. The summed E-state index contributed by atoms with van der Waals surface area (Å²) in [6, 6.07) is 64.3. The Balaban J connectivity index is 0.852. The average molecular weight is 933 g/mol. The Bertz CT molecular complexity index is 4080. The fraction of sp³-hybridized carbons (Fsp3) is 0.229. The van der Waals surface area contributed by atoms with Crippen molar-refractivity contribution in [2.45, 2.75) is 103 Å². The Morgan fingerprint density at radius 3 is 1.62 bits per heavy atom. The van der Waals surface area contributed by atoms with Gasteiger partial charge in [0, 0.05) is 43.4 Å². The van der Waals surface area contributed by atoms with Crippen LogP contribution in [0.1, 0.15) is 124 Å². The lowest BCUT2D eigenvalue weighted by atomic mass is 9.78. The molecule has 2 heteroatoms.